The van der Waals surface area contributed by atoms with Crippen LogP contribution in [0.5, 0.6) is 0 Å². The molecule has 136 valence electrons. The molecule has 2 aliphatic heterocycles. The van der Waals surface area contributed by atoms with Crippen molar-refractivity contribution in [2.75, 3.05) is 21.5 Å². The van der Waals surface area contributed by atoms with Gasteiger partial charge in [-0.15, -0.1) is 0 Å². The van der Waals surface area contributed by atoms with Gasteiger partial charge >= 0.3 is 0 Å². The number of sulfonamides is 1. The van der Waals surface area contributed by atoms with Crippen molar-refractivity contribution in [2.24, 2.45) is 0 Å². The van der Waals surface area contributed by atoms with E-state index in [-0.39, 0.29) is 24.1 Å². The predicted octanol–water partition coefficient (Wildman–Crippen LogP) is 2.75. The van der Waals surface area contributed by atoms with Crippen LogP contribution in [0.1, 0.15) is 24.5 Å². The summed E-state index contributed by atoms with van der Waals surface area (Å²) in [5.74, 6) is -0.288. The maximum Gasteiger partial charge on any atom is 0.235 e. The van der Waals surface area contributed by atoms with Crippen molar-refractivity contribution >= 4 is 27.3 Å². The molecule has 0 radical (unpaired) electrons. The number of hydrogen-bond donors (Lipinski definition) is 0. The van der Waals surface area contributed by atoms with E-state index in [1.54, 1.807) is 4.90 Å². The van der Waals surface area contributed by atoms with Crippen LogP contribution in [0, 0.1) is 0 Å². The molecule has 2 aromatic rings. The van der Waals surface area contributed by atoms with Crippen molar-refractivity contribution in [3.8, 4) is 0 Å². The van der Waals surface area contributed by atoms with E-state index in [0.717, 1.165) is 35.3 Å². The number of amides is 1. The quantitative estimate of drug-likeness (QED) is 0.832. The molecule has 1 atom stereocenters. The van der Waals surface area contributed by atoms with Gasteiger partial charge in [0, 0.05) is 24.7 Å². The minimum atomic E-state index is -3.51. The molecule has 0 spiro atoms. The van der Waals surface area contributed by atoms with Gasteiger partial charge in [0.05, 0.1) is 11.4 Å². The van der Waals surface area contributed by atoms with Gasteiger partial charge in [-0.1, -0.05) is 36.4 Å². The van der Waals surface area contributed by atoms with Crippen LogP contribution in [0.2, 0.25) is 0 Å². The fraction of sp³-hybridized carbons (Fsp3) is 0.350. The first kappa shape index (κ1) is 17.1. The number of para-hydroxylation sites is 2. The standard InChI is InChI=1S/C20H22N2O3S/c1-15-14-17-7-3-5-9-19(17)22(15)20(23)11-13-26(24,25)21-12-10-16-6-2-4-8-18(16)21/h2-9,15H,10-14H2,1H3. The second kappa shape index (κ2) is 6.43. The molecule has 4 rings (SSSR count). The van der Waals surface area contributed by atoms with Gasteiger partial charge in [-0.3, -0.25) is 9.10 Å². The van der Waals surface area contributed by atoms with E-state index in [2.05, 4.69) is 0 Å². The Morgan fingerprint density at radius 1 is 1.04 bits per heavy atom. The van der Waals surface area contributed by atoms with E-state index in [1.165, 1.54) is 4.31 Å². The molecule has 0 saturated heterocycles. The molecule has 0 N–H and O–H groups in total. The van der Waals surface area contributed by atoms with Crippen LogP contribution in [0.15, 0.2) is 48.5 Å². The summed E-state index contributed by atoms with van der Waals surface area (Å²) in [4.78, 5) is 14.5. The number of carbonyl (C=O) groups is 1. The van der Waals surface area contributed by atoms with Gasteiger partial charge in [0.2, 0.25) is 15.9 Å². The molecule has 2 aliphatic rings. The third-order valence-electron chi connectivity index (χ3n) is 5.23. The van der Waals surface area contributed by atoms with Gasteiger partial charge in [0.1, 0.15) is 0 Å². The molecule has 0 saturated carbocycles. The van der Waals surface area contributed by atoms with E-state index in [4.69, 9.17) is 0 Å². The Hall–Kier alpha value is -2.34. The Balaban J connectivity index is 1.48. The normalized spacial score (nSPS) is 18.7. The lowest BCUT2D eigenvalue weighted by molar-refractivity contribution is -0.118. The van der Waals surface area contributed by atoms with Crippen molar-refractivity contribution in [1.29, 1.82) is 0 Å². The molecule has 5 nitrogen and oxygen atoms in total. The Morgan fingerprint density at radius 2 is 1.69 bits per heavy atom. The topological polar surface area (TPSA) is 57.7 Å². The number of benzene rings is 2. The van der Waals surface area contributed by atoms with E-state index in [0.29, 0.717) is 6.54 Å². The molecule has 2 aromatic carbocycles. The highest BCUT2D eigenvalue weighted by molar-refractivity contribution is 7.92. The summed E-state index contributed by atoms with van der Waals surface area (Å²) in [6.07, 6.45) is 1.54. The Morgan fingerprint density at radius 3 is 2.46 bits per heavy atom. The summed E-state index contributed by atoms with van der Waals surface area (Å²) in [5.41, 5.74) is 3.85. The summed E-state index contributed by atoms with van der Waals surface area (Å²) in [6, 6.07) is 15.5. The highest BCUT2D eigenvalue weighted by Crippen LogP contribution is 2.33. The maximum absolute atomic E-state index is 12.8. The first-order chi connectivity index (χ1) is 12.5. The van der Waals surface area contributed by atoms with Gasteiger partial charge < -0.3 is 4.90 Å². The molecule has 6 heteroatoms. The smallest absolute Gasteiger partial charge is 0.235 e. The molecular weight excluding hydrogens is 348 g/mol. The fourth-order valence-corrected chi connectivity index (χ4v) is 5.49. The molecule has 0 fully saturated rings. The zero-order valence-electron chi connectivity index (χ0n) is 14.8. The zero-order chi connectivity index (χ0) is 18.3. The number of rotatable bonds is 4. The summed E-state index contributed by atoms with van der Waals surface area (Å²) >= 11 is 0. The number of anilines is 2. The number of nitrogens with zero attached hydrogens (tertiary/aromatic N) is 2. The van der Waals surface area contributed by atoms with Crippen molar-refractivity contribution in [3.63, 3.8) is 0 Å². The average Bonchev–Trinajstić information content (AvgIpc) is 3.20. The van der Waals surface area contributed by atoms with Crippen LogP contribution in [-0.2, 0) is 27.7 Å². The zero-order valence-corrected chi connectivity index (χ0v) is 15.6. The van der Waals surface area contributed by atoms with Gasteiger partial charge in [-0.2, -0.15) is 0 Å². The van der Waals surface area contributed by atoms with Crippen LogP contribution >= 0.6 is 0 Å². The molecular formula is C20H22N2O3S. The lowest BCUT2D eigenvalue weighted by Crippen LogP contribution is -2.38. The lowest BCUT2D eigenvalue weighted by Gasteiger charge is -2.24. The first-order valence-electron chi connectivity index (χ1n) is 8.95. The highest BCUT2D eigenvalue weighted by Gasteiger charge is 2.33. The van der Waals surface area contributed by atoms with Crippen molar-refractivity contribution in [3.05, 3.63) is 59.7 Å². The fourth-order valence-electron chi connectivity index (χ4n) is 3.99. The van der Waals surface area contributed by atoms with Gasteiger partial charge in [0.15, 0.2) is 0 Å². The summed E-state index contributed by atoms with van der Waals surface area (Å²) in [5, 5.41) is 0. The molecule has 0 aliphatic carbocycles. The second-order valence-corrected chi connectivity index (χ2v) is 8.98. The second-order valence-electron chi connectivity index (χ2n) is 6.96. The third-order valence-corrected chi connectivity index (χ3v) is 7.00. The monoisotopic (exact) mass is 370 g/mol. The lowest BCUT2D eigenvalue weighted by atomic mass is 10.1. The van der Waals surface area contributed by atoms with E-state index >= 15 is 0 Å². The number of fused-ring (bicyclic) bond motifs is 2. The summed E-state index contributed by atoms with van der Waals surface area (Å²) in [6.45, 7) is 2.46. The molecule has 0 aromatic heterocycles. The third kappa shape index (κ3) is 2.88. The van der Waals surface area contributed by atoms with Crippen LogP contribution in [0.25, 0.3) is 0 Å². The van der Waals surface area contributed by atoms with Gasteiger partial charge in [-0.05, 0) is 43.0 Å². The first-order valence-corrected chi connectivity index (χ1v) is 10.6. The van der Waals surface area contributed by atoms with Gasteiger partial charge in [0.25, 0.3) is 0 Å². The highest BCUT2D eigenvalue weighted by atomic mass is 32.2. The van der Waals surface area contributed by atoms with Crippen LogP contribution < -0.4 is 9.21 Å². The molecule has 26 heavy (non-hydrogen) atoms. The minimum absolute atomic E-state index is 0.000323. The van der Waals surface area contributed by atoms with Crippen molar-refractivity contribution in [1.82, 2.24) is 0 Å². The number of hydrogen-bond acceptors (Lipinski definition) is 3. The SMILES string of the molecule is CC1Cc2ccccc2N1C(=O)CCS(=O)(=O)N1CCc2ccccc21. The summed E-state index contributed by atoms with van der Waals surface area (Å²) < 4.78 is 27.0. The summed E-state index contributed by atoms with van der Waals surface area (Å²) in [7, 11) is -3.51. The maximum atomic E-state index is 12.8. The van der Waals surface area contributed by atoms with Crippen molar-refractivity contribution < 1.29 is 13.2 Å². The van der Waals surface area contributed by atoms with Crippen LogP contribution in [-0.4, -0.2) is 32.7 Å². The van der Waals surface area contributed by atoms with Crippen molar-refractivity contribution in [2.45, 2.75) is 32.2 Å². The molecule has 0 bridgehead atoms. The van der Waals surface area contributed by atoms with E-state index in [9.17, 15) is 13.2 Å². The largest absolute Gasteiger partial charge is 0.309 e. The Bertz CT molecular complexity index is 955. The van der Waals surface area contributed by atoms with Crippen LogP contribution in [0.4, 0.5) is 11.4 Å². The minimum Gasteiger partial charge on any atom is -0.309 e. The average molecular weight is 370 g/mol. The Kier molecular flexibility index (Phi) is 4.23. The number of carbonyl (C=O) groups excluding carboxylic acids is 1. The van der Waals surface area contributed by atoms with Gasteiger partial charge in [-0.25, -0.2) is 8.42 Å². The molecule has 2 heterocycles. The van der Waals surface area contributed by atoms with E-state index in [1.807, 2.05) is 55.5 Å². The molecule has 1 amide bonds. The predicted molar refractivity (Wildman–Crippen MR) is 103 cm³/mol. The van der Waals surface area contributed by atoms with E-state index < -0.39 is 10.0 Å². The molecule has 1 unspecified atom stereocenters. The van der Waals surface area contributed by atoms with Crippen LogP contribution in [0.3, 0.4) is 0 Å². The Labute approximate surface area is 154 Å².